The van der Waals surface area contributed by atoms with E-state index < -0.39 is 0 Å². The quantitative estimate of drug-likeness (QED) is 0.415. The lowest BCUT2D eigenvalue weighted by atomic mass is 10.1. The molecule has 0 saturated carbocycles. The van der Waals surface area contributed by atoms with Crippen LogP contribution in [0.15, 0.2) is 66.1 Å². The van der Waals surface area contributed by atoms with E-state index in [1.54, 1.807) is 24.9 Å². The summed E-state index contributed by atoms with van der Waals surface area (Å²) in [7, 11) is 4.08. The van der Waals surface area contributed by atoms with Gasteiger partial charge < -0.3 is 14.3 Å². The molecular formula is C24H20N8O. The Hall–Kier alpha value is -4.37. The Balaban J connectivity index is 1.45. The molecule has 0 bridgehead atoms. The third-order valence-electron chi connectivity index (χ3n) is 5.49. The van der Waals surface area contributed by atoms with Crippen molar-refractivity contribution in [3.05, 3.63) is 67.3 Å². The normalized spacial score (nSPS) is 11.7. The van der Waals surface area contributed by atoms with Crippen molar-refractivity contribution in [3.63, 3.8) is 0 Å². The largest absolute Gasteiger partial charge is 0.472 e. The first-order chi connectivity index (χ1) is 16.2. The highest BCUT2D eigenvalue weighted by molar-refractivity contribution is 5.96. The molecule has 0 radical (unpaired) electrons. The number of nitrogens with one attached hydrogen (secondary N) is 2. The molecule has 0 aliphatic rings. The molecule has 0 saturated heterocycles. The standard InChI is InChI=1S/C24H20N8O/c1-32(2)12-14-5-16(8-25-7-14)17-6-18-22(30-31-23(18)27-9-17)24-28-20-11-26-10-19(21(20)29-24)15-3-4-33-13-15/h3-11,13H,12H2,1-2H3,(H,28,29)(H,27,30,31). The first-order valence-electron chi connectivity index (χ1n) is 10.5. The molecule has 6 heterocycles. The van der Waals surface area contributed by atoms with Crippen LogP contribution in [0, 0.1) is 0 Å². The number of fused-ring (bicyclic) bond motifs is 2. The van der Waals surface area contributed by atoms with Crippen LogP contribution in [-0.2, 0) is 6.54 Å². The number of hydrogen-bond donors (Lipinski definition) is 2. The minimum atomic E-state index is 0.646. The molecule has 6 rings (SSSR count). The minimum Gasteiger partial charge on any atom is -0.472 e. The molecule has 6 aromatic rings. The Morgan fingerprint density at radius 2 is 1.85 bits per heavy atom. The third-order valence-corrected chi connectivity index (χ3v) is 5.49. The summed E-state index contributed by atoms with van der Waals surface area (Å²) >= 11 is 0. The predicted molar refractivity (Wildman–Crippen MR) is 125 cm³/mol. The van der Waals surface area contributed by atoms with Gasteiger partial charge in [-0.2, -0.15) is 5.10 Å². The maximum absolute atomic E-state index is 5.24. The van der Waals surface area contributed by atoms with Gasteiger partial charge in [-0.05, 0) is 37.9 Å². The molecule has 0 aromatic carbocycles. The fraction of sp³-hybridized carbons (Fsp3) is 0.125. The van der Waals surface area contributed by atoms with Gasteiger partial charge >= 0.3 is 0 Å². The molecule has 0 aliphatic carbocycles. The smallest absolute Gasteiger partial charge is 0.159 e. The molecule has 0 fully saturated rings. The van der Waals surface area contributed by atoms with Gasteiger partial charge in [0.2, 0.25) is 0 Å². The van der Waals surface area contributed by atoms with Gasteiger partial charge in [-0.25, -0.2) is 9.97 Å². The average molecular weight is 436 g/mol. The minimum absolute atomic E-state index is 0.646. The van der Waals surface area contributed by atoms with E-state index in [-0.39, 0.29) is 0 Å². The van der Waals surface area contributed by atoms with Gasteiger partial charge in [-0.1, -0.05) is 0 Å². The van der Waals surface area contributed by atoms with Crippen molar-refractivity contribution < 1.29 is 4.42 Å². The molecule has 9 nitrogen and oxygen atoms in total. The van der Waals surface area contributed by atoms with Crippen LogP contribution in [0.5, 0.6) is 0 Å². The third kappa shape index (κ3) is 3.44. The molecule has 0 unspecified atom stereocenters. The van der Waals surface area contributed by atoms with Crippen LogP contribution in [0.3, 0.4) is 0 Å². The lowest BCUT2D eigenvalue weighted by Gasteiger charge is -2.10. The molecule has 9 heteroatoms. The highest BCUT2D eigenvalue weighted by Gasteiger charge is 2.17. The number of rotatable bonds is 5. The second-order valence-corrected chi connectivity index (χ2v) is 8.19. The summed E-state index contributed by atoms with van der Waals surface area (Å²) in [5.41, 5.74) is 7.96. The van der Waals surface area contributed by atoms with Crippen LogP contribution in [0.25, 0.3) is 55.8 Å². The van der Waals surface area contributed by atoms with Gasteiger partial charge in [-0.15, -0.1) is 0 Å². The van der Waals surface area contributed by atoms with E-state index in [1.165, 1.54) is 0 Å². The highest BCUT2D eigenvalue weighted by atomic mass is 16.3. The number of H-pyrrole nitrogens is 2. The van der Waals surface area contributed by atoms with E-state index in [1.807, 2.05) is 38.8 Å². The number of furan rings is 1. The van der Waals surface area contributed by atoms with Gasteiger partial charge in [0.15, 0.2) is 11.5 Å². The summed E-state index contributed by atoms with van der Waals surface area (Å²) in [6.45, 7) is 0.819. The summed E-state index contributed by atoms with van der Waals surface area (Å²) in [5.74, 6) is 0.646. The molecule has 0 aliphatic heterocycles. The summed E-state index contributed by atoms with van der Waals surface area (Å²) in [6, 6.07) is 6.10. The van der Waals surface area contributed by atoms with Gasteiger partial charge in [0, 0.05) is 53.6 Å². The van der Waals surface area contributed by atoms with E-state index in [0.29, 0.717) is 17.2 Å². The van der Waals surface area contributed by atoms with Crippen LogP contribution >= 0.6 is 0 Å². The van der Waals surface area contributed by atoms with E-state index in [9.17, 15) is 0 Å². The van der Waals surface area contributed by atoms with Gasteiger partial charge in [0.25, 0.3) is 0 Å². The van der Waals surface area contributed by atoms with Gasteiger partial charge in [0.05, 0.1) is 29.6 Å². The number of nitrogens with zero attached hydrogens (tertiary/aromatic N) is 6. The maximum Gasteiger partial charge on any atom is 0.159 e. The zero-order valence-corrected chi connectivity index (χ0v) is 18.1. The zero-order valence-electron chi connectivity index (χ0n) is 18.1. The summed E-state index contributed by atoms with van der Waals surface area (Å²) in [4.78, 5) is 23.7. The van der Waals surface area contributed by atoms with Crippen molar-refractivity contribution in [1.82, 2.24) is 40.0 Å². The van der Waals surface area contributed by atoms with Gasteiger partial charge in [-0.3, -0.25) is 15.1 Å². The number of aromatic nitrogens is 7. The summed E-state index contributed by atoms with van der Waals surface area (Å²) < 4.78 is 5.24. The summed E-state index contributed by atoms with van der Waals surface area (Å²) in [5, 5.41) is 8.39. The SMILES string of the molecule is CN(C)Cc1cncc(-c2cnc3[nH]nc(-c4nc5c(-c6ccoc6)cncc5[nH]4)c3c2)c1. The van der Waals surface area contributed by atoms with Crippen molar-refractivity contribution in [3.8, 4) is 33.8 Å². The molecule has 2 N–H and O–H groups in total. The van der Waals surface area contributed by atoms with E-state index in [4.69, 9.17) is 9.40 Å². The monoisotopic (exact) mass is 436 g/mol. The van der Waals surface area contributed by atoms with Gasteiger partial charge in [0.1, 0.15) is 11.2 Å². The van der Waals surface area contributed by atoms with E-state index in [2.05, 4.69) is 47.2 Å². The van der Waals surface area contributed by atoms with Crippen LogP contribution in [0.1, 0.15) is 5.56 Å². The first kappa shape index (κ1) is 19.3. The van der Waals surface area contributed by atoms with Crippen molar-refractivity contribution >= 4 is 22.1 Å². The van der Waals surface area contributed by atoms with Crippen molar-refractivity contribution in [2.24, 2.45) is 0 Å². The van der Waals surface area contributed by atoms with E-state index >= 15 is 0 Å². The Kier molecular flexibility index (Phi) is 4.48. The Morgan fingerprint density at radius 3 is 2.70 bits per heavy atom. The molecular weight excluding hydrogens is 416 g/mol. The van der Waals surface area contributed by atoms with Crippen LogP contribution in [-0.4, -0.2) is 54.1 Å². The second kappa shape index (κ2) is 7.64. The molecule has 0 atom stereocenters. The van der Waals surface area contributed by atoms with Crippen LogP contribution in [0.4, 0.5) is 0 Å². The topological polar surface area (TPSA) is 112 Å². The zero-order chi connectivity index (χ0) is 22.4. The number of pyridine rings is 3. The first-order valence-corrected chi connectivity index (χ1v) is 10.5. The Morgan fingerprint density at radius 1 is 0.970 bits per heavy atom. The lowest BCUT2D eigenvalue weighted by molar-refractivity contribution is 0.402. The van der Waals surface area contributed by atoms with Crippen molar-refractivity contribution in [1.29, 1.82) is 0 Å². The molecule has 33 heavy (non-hydrogen) atoms. The second-order valence-electron chi connectivity index (χ2n) is 8.19. The van der Waals surface area contributed by atoms with Crippen LogP contribution < -0.4 is 0 Å². The number of aromatic amines is 2. The average Bonchev–Trinajstić information content (AvgIpc) is 3.57. The summed E-state index contributed by atoms with van der Waals surface area (Å²) in [6.07, 6.45) is 12.4. The van der Waals surface area contributed by atoms with Crippen molar-refractivity contribution in [2.75, 3.05) is 14.1 Å². The van der Waals surface area contributed by atoms with E-state index in [0.717, 1.165) is 50.8 Å². The lowest BCUT2D eigenvalue weighted by Crippen LogP contribution is -2.10. The molecule has 0 spiro atoms. The molecule has 0 amide bonds. The molecule has 162 valence electrons. The Bertz CT molecular complexity index is 1580. The fourth-order valence-electron chi connectivity index (χ4n) is 4.01. The predicted octanol–water partition coefficient (Wildman–Crippen LogP) is 4.28. The highest BCUT2D eigenvalue weighted by Crippen LogP contribution is 2.32. The maximum atomic E-state index is 5.24. The number of imidazole rings is 1. The van der Waals surface area contributed by atoms with Crippen LogP contribution in [0.2, 0.25) is 0 Å². The fourth-order valence-corrected chi connectivity index (χ4v) is 4.01. The van der Waals surface area contributed by atoms with Crippen molar-refractivity contribution in [2.45, 2.75) is 6.54 Å². The Labute approximate surface area is 188 Å². The number of hydrogen-bond acceptors (Lipinski definition) is 7. The molecule has 6 aromatic heterocycles.